The Kier molecular flexibility index (Phi) is 7.67. The van der Waals surface area contributed by atoms with E-state index in [1.165, 1.54) is 23.0 Å². The molecule has 0 aliphatic carbocycles. The Morgan fingerprint density at radius 2 is 1.78 bits per heavy atom. The summed E-state index contributed by atoms with van der Waals surface area (Å²) in [6.45, 7) is 2.57. The van der Waals surface area contributed by atoms with Gasteiger partial charge >= 0.3 is 0 Å². The van der Waals surface area contributed by atoms with Crippen molar-refractivity contribution in [3.05, 3.63) is 77.7 Å². The van der Waals surface area contributed by atoms with Gasteiger partial charge in [0, 0.05) is 6.54 Å². The van der Waals surface area contributed by atoms with E-state index in [-0.39, 0.29) is 48.6 Å². The van der Waals surface area contributed by atoms with E-state index in [1.54, 1.807) is 17.0 Å². The lowest BCUT2D eigenvalue weighted by molar-refractivity contribution is -0.123. The van der Waals surface area contributed by atoms with Gasteiger partial charge in [-0.25, -0.2) is 9.07 Å². The summed E-state index contributed by atoms with van der Waals surface area (Å²) >= 11 is 0. The number of nitrogens with zero attached hydrogens (tertiary/aromatic N) is 4. The molecule has 0 unspecified atom stereocenters. The van der Waals surface area contributed by atoms with E-state index >= 15 is 0 Å². The number of aromatic nitrogens is 2. The number of amides is 2. The number of benzene rings is 2. The van der Waals surface area contributed by atoms with Crippen molar-refractivity contribution >= 4 is 17.6 Å². The Hall–Kier alpha value is -4.03. The van der Waals surface area contributed by atoms with Crippen molar-refractivity contribution in [1.29, 1.82) is 5.26 Å². The topological polar surface area (TPSA) is 103 Å². The van der Waals surface area contributed by atoms with Crippen molar-refractivity contribution < 1.29 is 14.0 Å². The van der Waals surface area contributed by atoms with Crippen LogP contribution in [0.4, 0.5) is 10.2 Å². The molecule has 2 N–H and O–H groups in total. The maximum atomic E-state index is 13.0. The number of nitrogens with one attached hydrogen (secondary N) is 2. The van der Waals surface area contributed by atoms with Crippen LogP contribution in [0, 0.1) is 17.1 Å². The predicted molar refractivity (Wildman–Crippen MR) is 117 cm³/mol. The third kappa shape index (κ3) is 6.00. The number of carbonyl (C=O) groups is 2. The maximum absolute atomic E-state index is 13.0. The molecule has 0 aliphatic heterocycles. The van der Waals surface area contributed by atoms with Crippen LogP contribution >= 0.6 is 0 Å². The first-order valence-corrected chi connectivity index (χ1v) is 10.1. The molecule has 0 spiro atoms. The monoisotopic (exact) mass is 434 g/mol. The van der Waals surface area contributed by atoms with Gasteiger partial charge in [-0.1, -0.05) is 37.3 Å². The van der Waals surface area contributed by atoms with Crippen LogP contribution in [0.25, 0.3) is 5.69 Å². The van der Waals surface area contributed by atoms with Crippen molar-refractivity contribution in [2.75, 3.05) is 25.0 Å². The molecule has 0 bridgehead atoms. The number of nitriles is 1. The van der Waals surface area contributed by atoms with Crippen molar-refractivity contribution in [1.82, 2.24) is 20.0 Å². The van der Waals surface area contributed by atoms with Crippen LogP contribution in [-0.2, 0) is 16.1 Å². The lowest BCUT2D eigenvalue weighted by Gasteiger charge is -2.19. The van der Waals surface area contributed by atoms with E-state index < -0.39 is 0 Å². The molecular weight excluding hydrogens is 411 g/mol. The van der Waals surface area contributed by atoms with Gasteiger partial charge in [-0.05, 0) is 36.4 Å². The van der Waals surface area contributed by atoms with Gasteiger partial charge in [0.05, 0.1) is 25.0 Å². The number of hydrogen-bond donors (Lipinski definition) is 2. The molecule has 0 saturated carbocycles. The molecule has 3 rings (SSSR count). The molecule has 0 fully saturated rings. The fourth-order valence-corrected chi connectivity index (χ4v) is 3.03. The first-order valence-electron chi connectivity index (χ1n) is 10.1. The second kappa shape index (κ2) is 10.8. The molecule has 2 aromatic carbocycles. The van der Waals surface area contributed by atoms with Crippen LogP contribution < -0.4 is 10.6 Å². The number of hydrogen-bond acceptors (Lipinski definition) is 5. The second-order valence-corrected chi connectivity index (χ2v) is 7.02. The predicted octanol–water partition coefficient (Wildman–Crippen LogP) is 2.46. The summed E-state index contributed by atoms with van der Waals surface area (Å²) in [5, 5.41) is 19.1. The van der Waals surface area contributed by atoms with Crippen molar-refractivity contribution in [2.24, 2.45) is 0 Å². The highest BCUT2D eigenvalue weighted by molar-refractivity contribution is 5.93. The standard InChI is InChI=1S/C23H23FN6O2/c1-2-29(15-21(31)26-13-17-8-10-19(24)11-9-17)16-22(32)28-23-18(12-25)14-27-30(23)20-6-4-3-5-7-20/h3-11,14H,2,13,15-16H2,1H3,(H,26,31)(H,28,32). The normalized spacial score (nSPS) is 10.6. The first kappa shape index (κ1) is 22.7. The fraction of sp³-hybridized carbons (Fsp3) is 0.217. The van der Waals surface area contributed by atoms with Gasteiger partial charge in [-0.15, -0.1) is 0 Å². The van der Waals surface area contributed by atoms with Crippen molar-refractivity contribution in [3.8, 4) is 11.8 Å². The minimum Gasteiger partial charge on any atom is -0.351 e. The van der Waals surface area contributed by atoms with Gasteiger partial charge in [0.1, 0.15) is 17.4 Å². The molecule has 2 amide bonds. The van der Waals surface area contributed by atoms with Gasteiger partial charge < -0.3 is 10.6 Å². The molecule has 1 aromatic heterocycles. The molecule has 32 heavy (non-hydrogen) atoms. The third-order valence-corrected chi connectivity index (χ3v) is 4.73. The highest BCUT2D eigenvalue weighted by Crippen LogP contribution is 2.19. The number of halogens is 1. The molecule has 1 heterocycles. The highest BCUT2D eigenvalue weighted by Gasteiger charge is 2.18. The fourth-order valence-electron chi connectivity index (χ4n) is 3.03. The highest BCUT2D eigenvalue weighted by atomic mass is 19.1. The zero-order chi connectivity index (χ0) is 22.9. The van der Waals surface area contributed by atoms with E-state index in [0.717, 1.165) is 5.56 Å². The van der Waals surface area contributed by atoms with Crippen molar-refractivity contribution in [2.45, 2.75) is 13.5 Å². The molecule has 0 atom stereocenters. The van der Waals surface area contributed by atoms with E-state index in [1.807, 2.05) is 43.3 Å². The molecular formula is C23H23FN6O2. The van der Waals surface area contributed by atoms with Gasteiger partial charge in [-0.2, -0.15) is 10.4 Å². The van der Waals surface area contributed by atoms with E-state index in [2.05, 4.69) is 15.7 Å². The van der Waals surface area contributed by atoms with Crippen LogP contribution in [0.3, 0.4) is 0 Å². The van der Waals surface area contributed by atoms with Gasteiger partial charge in [0.25, 0.3) is 0 Å². The molecule has 8 nitrogen and oxygen atoms in total. The SMILES string of the molecule is CCN(CC(=O)NCc1ccc(F)cc1)CC(=O)Nc1c(C#N)cnn1-c1ccccc1. The number of para-hydroxylation sites is 1. The number of anilines is 1. The molecule has 0 radical (unpaired) electrons. The summed E-state index contributed by atoms with van der Waals surface area (Å²) in [6.07, 6.45) is 1.39. The third-order valence-electron chi connectivity index (χ3n) is 4.73. The average molecular weight is 434 g/mol. The summed E-state index contributed by atoms with van der Waals surface area (Å²) in [4.78, 5) is 26.6. The quantitative estimate of drug-likeness (QED) is 0.539. The number of likely N-dealkylation sites (N-methyl/N-ethyl adjacent to an activating group) is 1. The van der Waals surface area contributed by atoms with Gasteiger partial charge in [0.15, 0.2) is 5.82 Å². The minimum absolute atomic E-state index is 0.0220. The molecule has 164 valence electrons. The van der Waals surface area contributed by atoms with Crippen molar-refractivity contribution in [3.63, 3.8) is 0 Å². The van der Waals surface area contributed by atoms with E-state index in [0.29, 0.717) is 12.2 Å². The first-order chi connectivity index (χ1) is 15.5. The van der Waals surface area contributed by atoms with Crippen LogP contribution in [-0.4, -0.2) is 46.1 Å². The Morgan fingerprint density at radius 1 is 1.09 bits per heavy atom. The smallest absolute Gasteiger partial charge is 0.239 e. The molecule has 0 saturated heterocycles. The maximum Gasteiger partial charge on any atom is 0.239 e. The molecule has 9 heteroatoms. The average Bonchev–Trinajstić information content (AvgIpc) is 3.21. The zero-order valence-electron chi connectivity index (χ0n) is 17.6. The summed E-state index contributed by atoms with van der Waals surface area (Å²) in [7, 11) is 0. The largest absolute Gasteiger partial charge is 0.351 e. The van der Waals surface area contributed by atoms with Crippen LogP contribution in [0.2, 0.25) is 0 Å². The number of rotatable bonds is 9. The lowest BCUT2D eigenvalue weighted by atomic mass is 10.2. The van der Waals surface area contributed by atoms with E-state index in [9.17, 15) is 19.2 Å². The molecule has 3 aromatic rings. The summed E-state index contributed by atoms with van der Waals surface area (Å²) in [6, 6.07) is 17.0. The summed E-state index contributed by atoms with van der Waals surface area (Å²) < 4.78 is 14.5. The van der Waals surface area contributed by atoms with Crippen LogP contribution in [0.15, 0.2) is 60.8 Å². The van der Waals surface area contributed by atoms with E-state index in [4.69, 9.17) is 0 Å². The summed E-state index contributed by atoms with van der Waals surface area (Å²) in [5.74, 6) is -0.680. The lowest BCUT2D eigenvalue weighted by Crippen LogP contribution is -2.41. The Bertz CT molecular complexity index is 1110. The summed E-state index contributed by atoms with van der Waals surface area (Å²) in [5.41, 5.74) is 1.72. The Balaban J connectivity index is 1.58. The van der Waals surface area contributed by atoms with Crippen LogP contribution in [0.1, 0.15) is 18.1 Å². The van der Waals surface area contributed by atoms with Gasteiger partial charge in [-0.3, -0.25) is 14.5 Å². The Morgan fingerprint density at radius 3 is 2.44 bits per heavy atom. The second-order valence-electron chi connectivity index (χ2n) is 7.02. The zero-order valence-corrected chi connectivity index (χ0v) is 17.6. The minimum atomic E-state index is -0.368. The van der Waals surface area contributed by atoms with Crippen LogP contribution in [0.5, 0.6) is 0 Å². The van der Waals surface area contributed by atoms with Gasteiger partial charge in [0.2, 0.25) is 11.8 Å². The number of carbonyl (C=O) groups excluding carboxylic acids is 2. The molecule has 0 aliphatic rings. The Labute approximate surface area is 185 Å².